The molecule has 4 rings (SSSR count). The third-order valence-electron chi connectivity index (χ3n) is 4.63. The largest absolute Gasteiger partial charge is 0.478 e. The number of benzene rings is 2. The number of rotatable bonds is 6. The minimum Gasteiger partial charge on any atom is -0.478 e. The molecule has 4 aromatic rings. The number of hydrogen-bond acceptors (Lipinski definition) is 5. The zero-order valence-corrected chi connectivity index (χ0v) is 18.5. The molecule has 0 saturated carbocycles. The normalized spacial score (nSPS) is 10.9. The molecule has 2 heterocycles. The lowest BCUT2D eigenvalue weighted by Gasteiger charge is -2.05. The van der Waals surface area contributed by atoms with Crippen LogP contribution in [0.4, 0.5) is 0 Å². The number of carboxylic acids is 1. The van der Waals surface area contributed by atoms with Gasteiger partial charge < -0.3 is 9.52 Å². The van der Waals surface area contributed by atoms with E-state index in [-0.39, 0.29) is 5.56 Å². The van der Waals surface area contributed by atoms with Gasteiger partial charge in [0.25, 0.3) is 0 Å². The van der Waals surface area contributed by atoms with E-state index in [1.54, 1.807) is 24.3 Å². The van der Waals surface area contributed by atoms with Gasteiger partial charge in [0, 0.05) is 38.9 Å². The monoisotopic (exact) mass is 450 g/mol. The smallest absolute Gasteiger partial charge is 0.335 e. The van der Waals surface area contributed by atoms with Gasteiger partial charge in [0.1, 0.15) is 11.5 Å². The number of hydrogen-bond donors (Lipinski definition) is 1. The average Bonchev–Trinajstić information content (AvgIpc) is 3.16. The second-order valence-electron chi connectivity index (χ2n) is 7.08. The average molecular weight is 451 g/mol. The van der Waals surface area contributed by atoms with Crippen LogP contribution in [-0.4, -0.2) is 21.0 Å². The summed E-state index contributed by atoms with van der Waals surface area (Å²) in [7, 11) is 0. The number of aromatic nitrogens is 2. The zero-order valence-electron chi connectivity index (χ0n) is 16.9. The van der Waals surface area contributed by atoms with Crippen LogP contribution in [0.1, 0.15) is 27.3 Å². The third-order valence-corrected chi connectivity index (χ3v) is 5.76. The molecule has 0 spiro atoms. The van der Waals surface area contributed by atoms with E-state index in [1.807, 2.05) is 50.2 Å². The van der Waals surface area contributed by atoms with Crippen LogP contribution in [0.2, 0.25) is 5.02 Å². The first-order chi connectivity index (χ1) is 14.9. The molecule has 0 unspecified atom stereocenters. The molecule has 0 fully saturated rings. The van der Waals surface area contributed by atoms with Crippen molar-refractivity contribution in [1.29, 1.82) is 0 Å². The lowest BCUT2D eigenvalue weighted by Crippen LogP contribution is -1.95. The zero-order chi connectivity index (χ0) is 22.0. The third kappa shape index (κ3) is 4.98. The first-order valence-electron chi connectivity index (χ1n) is 9.56. The van der Waals surface area contributed by atoms with E-state index in [0.717, 1.165) is 28.1 Å². The van der Waals surface area contributed by atoms with Crippen molar-refractivity contribution in [2.45, 2.75) is 24.8 Å². The van der Waals surface area contributed by atoms with Crippen LogP contribution in [0.15, 0.2) is 70.2 Å². The summed E-state index contributed by atoms with van der Waals surface area (Å²) in [6.45, 7) is 3.90. The topological polar surface area (TPSA) is 76.2 Å². The number of furan rings is 1. The van der Waals surface area contributed by atoms with E-state index < -0.39 is 5.97 Å². The molecule has 0 aliphatic heterocycles. The molecule has 31 heavy (non-hydrogen) atoms. The van der Waals surface area contributed by atoms with E-state index in [2.05, 4.69) is 9.97 Å². The Morgan fingerprint density at radius 1 is 1.00 bits per heavy atom. The van der Waals surface area contributed by atoms with Crippen LogP contribution >= 0.6 is 23.4 Å². The van der Waals surface area contributed by atoms with Crippen molar-refractivity contribution < 1.29 is 14.3 Å². The van der Waals surface area contributed by atoms with Crippen LogP contribution in [0.3, 0.4) is 0 Å². The van der Waals surface area contributed by atoms with Crippen molar-refractivity contribution in [3.63, 3.8) is 0 Å². The Labute approximate surface area is 189 Å². The first kappa shape index (κ1) is 21.2. The summed E-state index contributed by atoms with van der Waals surface area (Å²) in [5.74, 6) is 1.01. The molecular formula is C24H19ClN2O3S. The molecule has 2 aromatic heterocycles. The van der Waals surface area contributed by atoms with E-state index in [4.69, 9.17) is 16.0 Å². The second-order valence-corrected chi connectivity index (χ2v) is 8.46. The van der Waals surface area contributed by atoms with Gasteiger partial charge in [-0.3, -0.25) is 0 Å². The summed E-state index contributed by atoms with van der Waals surface area (Å²) in [6, 6.07) is 18.1. The molecule has 0 radical (unpaired) electrons. The molecule has 0 aliphatic carbocycles. The van der Waals surface area contributed by atoms with Gasteiger partial charge in [-0.2, -0.15) is 0 Å². The van der Waals surface area contributed by atoms with Crippen molar-refractivity contribution in [1.82, 2.24) is 9.97 Å². The molecule has 0 amide bonds. The van der Waals surface area contributed by atoms with E-state index in [9.17, 15) is 9.90 Å². The maximum atomic E-state index is 11.2. The molecule has 156 valence electrons. The van der Waals surface area contributed by atoms with Gasteiger partial charge in [-0.1, -0.05) is 47.6 Å². The standard InChI is InChI=1S/C24H19ClN2O3S/c1-14-10-15(2)27-24(26-14)31-13-19-12-21(18-4-3-5-20(25)11-18)30-22(19)16-6-8-17(9-7-16)23(28)29/h3-12H,13H2,1-2H3,(H,28,29). The highest BCUT2D eigenvalue weighted by Crippen LogP contribution is 2.36. The Bertz CT molecular complexity index is 1230. The van der Waals surface area contributed by atoms with Crippen molar-refractivity contribution in [3.8, 4) is 22.6 Å². The van der Waals surface area contributed by atoms with Crippen LogP contribution in [-0.2, 0) is 5.75 Å². The minimum atomic E-state index is -0.964. The highest BCUT2D eigenvalue weighted by atomic mass is 35.5. The fourth-order valence-electron chi connectivity index (χ4n) is 3.23. The SMILES string of the molecule is Cc1cc(C)nc(SCc2cc(-c3cccc(Cl)c3)oc2-c2ccc(C(=O)O)cc2)n1. The van der Waals surface area contributed by atoms with E-state index in [0.29, 0.717) is 27.5 Å². The quantitative estimate of drug-likeness (QED) is 0.261. The summed E-state index contributed by atoms with van der Waals surface area (Å²) in [6.07, 6.45) is 0. The summed E-state index contributed by atoms with van der Waals surface area (Å²) < 4.78 is 6.22. The molecule has 0 atom stereocenters. The first-order valence-corrected chi connectivity index (χ1v) is 10.9. The second kappa shape index (κ2) is 8.96. The number of aryl methyl sites for hydroxylation is 2. The van der Waals surface area contributed by atoms with Crippen LogP contribution < -0.4 is 0 Å². The number of nitrogens with zero attached hydrogens (tertiary/aromatic N) is 2. The van der Waals surface area contributed by atoms with Gasteiger partial charge in [-0.25, -0.2) is 14.8 Å². The fourth-order valence-corrected chi connectivity index (χ4v) is 4.34. The van der Waals surface area contributed by atoms with E-state index >= 15 is 0 Å². The molecule has 2 aromatic carbocycles. The van der Waals surface area contributed by atoms with Gasteiger partial charge >= 0.3 is 5.97 Å². The highest BCUT2D eigenvalue weighted by molar-refractivity contribution is 7.98. The van der Waals surface area contributed by atoms with Crippen LogP contribution in [0.5, 0.6) is 0 Å². The van der Waals surface area contributed by atoms with Gasteiger partial charge in [0.05, 0.1) is 5.56 Å². The highest BCUT2D eigenvalue weighted by Gasteiger charge is 2.16. The Hall–Kier alpha value is -3.09. The number of carboxylic acid groups (broad SMARTS) is 1. The van der Waals surface area contributed by atoms with Gasteiger partial charge in [0.2, 0.25) is 0 Å². The predicted molar refractivity (Wildman–Crippen MR) is 123 cm³/mol. The molecule has 0 saturated heterocycles. The Morgan fingerprint density at radius 2 is 1.71 bits per heavy atom. The maximum Gasteiger partial charge on any atom is 0.335 e. The maximum absolute atomic E-state index is 11.2. The molecule has 0 aliphatic rings. The van der Waals surface area contributed by atoms with Gasteiger partial charge in [-0.05, 0) is 50.2 Å². The van der Waals surface area contributed by atoms with Crippen molar-refractivity contribution >= 4 is 29.3 Å². The van der Waals surface area contributed by atoms with Gasteiger partial charge in [0.15, 0.2) is 5.16 Å². The van der Waals surface area contributed by atoms with E-state index in [1.165, 1.54) is 11.8 Å². The van der Waals surface area contributed by atoms with Crippen molar-refractivity contribution in [2.24, 2.45) is 0 Å². The number of thioether (sulfide) groups is 1. The van der Waals surface area contributed by atoms with Crippen molar-refractivity contribution in [2.75, 3.05) is 0 Å². The minimum absolute atomic E-state index is 0.227. The number of carbonyl (C=O) groups is 1. The lowest BCUT2D eigenvalue weighted by atomic mass is 10.1. The fraction of sp³-hybridized carbons (Fsp3) is 0.125. The summed E-state index contributed by atoms with van der Waals surface area (Å²) in [5, 5.41) is 10.5. The molecule has 0 bridgehead atoms. The van der Waals surface area contributed by atoms with Gasteiger partial charge in [-0.15, -0.1) is 0 Å². The predicted octanol–water partition coefficient (Wildman–Crippen LogP) is 6.66. The van der Waals surface area contributed by atoms with Crippen molar-refractivity contribution in [3.05, 3.63) is 88.2 Å². The lowest BCUT2D eigenvalue weighted by molar-refractivity contribution is 0.0697. The number of aromatic carboxylic acids is 1. The Kier molecular flexibility index (Phi) is 6.11. The Morgan fingerprint density at radius 3 is 2.35 bits per heavy atom. The molecule has 7 heteroatoms. The Balaban J connectivity index is 1.71. The summed E-state index contributed by atoms with van der Waals surface area (Å²) in [5.41, 5.74) is 4.71. The number of halogens is 1. The van der Waals surface area contributed by atoms with Crippen LogP contribution in [0.25, 0.3) is 22.6 Å². The summed E-state index contributed by atoms with van der Waals surface area (Å²) in [4.78, 5) is 20.2. The van der Waals surface area contributed by atoms with Crippen LogP contribution in [0, 0.1) is 13.8 Å². The summed E-state index contributed by atoms with van der Waals surface area (Å²) >= 11 is 7.69. The molecular weight excluding hydrogens is 432 g/mol. The molecule has 1 N–H and O–H groups in total. The molecule has 5 nitrogen and oxygen atoms in total.